The first-order valence-corrected chi connectivity index (χ1v) is 4.24. The highest BCUT2D eigenvalue weighted by molar-refractivity contribution is 7.14. The molecule has 1 unspecified atom stereocenters. The van der Waals surface area contributed by atoms with Gasteiger partial charge >= 0.3 is 0 Å². The van der Waals surface area contributed by atoms with Crippen LogP contribution in [0.15, 0.2) is 6.07 Å². The van der Waals surface area contributed by atoms with Crippen LogP contribution in [0.4, 0.5) is 0 Å². The van der Waals surface area contributed by atoms with Gasteiger partial charge in [0.15, 0.2) is 5.75 Å². The zero-order chi connectivity index (χ0) is 7.84. The highest BCUT2D eigenvalue weighted by atomic mass is 32.1. The molecule has 0 radical (unpaired) electrons. The number of rotatable bonds is 1. The van der Waals surface area contributed by atoms with Gasteiger partial charge in [0.1, 0.15) is 0 Å². The van der Waals surface area contributed by atoms with E-state index in [9.17, 15) is 0 Å². The van der Waals surface area contributed by atoms with Gasteiger partial charge in [-0.3, -0.25) is 0 Å². The Morgan fingerprint density at radius 3 is 3.09 bits per heavy atom. The Bertz CT molecular complexity index is 248. The van der Waals surface area contributed by atoms with Crippen LogP contribution >= 0.6 is 11.3 Å². The number of hydrogen-bond donors (Lipinski definition) is 1. The van der Waals surface area contributed by atoms with E-state index in [0.29, 0.717) is 6.79 Å². The summed E-state index contributed by atoms with van der Waals surface area (Å²) in [7, 11) is 0. The molecule has 0 bridgehead atoms. The third kappa shape index (κ3) is 1.08. The minimum atomic E-state index is 0.0674. The SMILES string of the molecule is CC(N)c1cc2c(s1)OCO2. The van der Waals surface area contributed by atoms with Gasteiger partial charge in [-0.15, -0.1) is 0 Å². The highest BCUT2D eigenvalue weighted by Gasteiger charge is 2.18. The van der Waals surface area contributed by atoms with E-state index in [2.05, 4.69) is 0 Å². The second kappa shape index (κ2) is 2.39. The smallest absolute Gasteiger partial charge is 0.232 e. The lowest BCUT2D eigenvalue weighted by atomic mass is 10.3. The zero-order valence-corrected chi connectivity index (χ0v) is 6.98. The molecule has 0 aliphatic carbocycles. The second-order valence-corrected chi connectivity index (χ2v) is 3.54. The normalized spacial score (nSPS) is 16.9. The van der Waals surface area contributed by atoms with Crippen LogP contribution < -0.4 is 15.2 Å². The monoisotopic (exact) mass is 171 g/mol. The van der Waals surface area contributed by atoms with Gasteiger partial charge in [0, 0.05) is 10.9 Å². The zero-order valence-electron chi connectivity index (χ0n) is 6.16. The number of hydrogen-bond acceptors (Lipinski definition) is 4. The van der Waals surface area contributed by atoms with Gasteiger partial charge < -0.3 is 15.2 Å². The minimum absolute atomic E-state index is 0.0674. The molecule has 0 saturated carbocycles. The predicted molar refractivity (Wildman–Crippen MR) is 43.0 cm³/mol. The third-order valence-corrected chi connectivity index (χ3v) is 2.77. The molecule has 2 heterocycles. The van der Waals surface area contributed by atoms with E-state index >= 15 is 0 Å². The Labute approximate surface area is 68.7 Å². The maximum atomic E-state index is 5.67. The van der Waals surface area contributed by atoms with Crippen molar-refractivity contribution in [3.05, 3.63) is 10.9 Å². The van der Waals surface area contributed by atoms with Gasteiger partial charge in [-0.05, 0) is 13.0 Å². The van der Waals surface area contributed by atoms with Crippen LogP contribution in [0.25, 0.3) is 0 Å². The molecule has 0 saturated heterocycles. The van der Waals surface area contributed by atoms with Gasteiger partial charge in [-0.2, -0.15) is 0 Å². The summed E-state index contributed by atoms with van der Waals surface area (Å²) >= 11 is 1.56. The maximum absolute atomic E-state index is 5.67. The van der Waals surface area contributed by atoms with Crippen molar-refractivity contribution >= 4 is 11.3 Å². The van der Waals surface area contributed by atoms with Crippen molar-refractivity contribution in [3.8, 4) is 10.8 Å². The molecule has 0 fully saturated rings. The molecule has 2 N–H and O–H groups in total. The fraction of sp³-hybridized carbons (Fsp3) is 0.429. The molecule has 1 aromatic rings. The van der Waals surface area contributed by atoms with Gasteiger partial charge in [0.2, 0.25) is 11.9 Å². The van der Waals surface area contributed by atoms with Crippen LogP contribution in [0.2, 0.25) is 0 Å². The van der Waals surface area contributed by atoms with E-state index in [1.54, 1.807) is 11.3 Å². The maximum Gasteiger partial charge on any atom is 0.232 e. The first kappa shape index (κ1) is 6.94. The van der Waals surface area contributed by atoms with Crippen LogP contribution in [-0.2, 0) is 0 Å². The Hall–Kier alpha value is -0.740. The van der Waals surface area contributed by atoms with Crippen molar-refractivity contribution in [3.63, 3.8) is 0 Å². The molecule has 60 valence electrons. The molecule has 0 spiro atoms. The average molecular weight is 171 g/mol. The van der Waals surface area contributed by atoms with E-state index in [4.69, 9.17) is 15.2 Å². The first-order valence-electron chi connectivity index (χ1n) is 3.42. The fourth-order valence-electron chi connectivity index (χ4n) is 0.947. The van der Waals surface area contributed by atoms with Crippen LogP contribution in [-0.4, -0.2) is 6.79 Å². The van der Waals surface area contributed by atoms with Crippen LogP contribution in [0.1, 0.15) is 17.8 Å². The number of thiophene rings is 1. The molecule has 4 heteroatoms. The lowest BCUT2D eigenvalue weighted by Gasteiger charge is -1.98. The number of ether oxygens (including phenoxy) is 2. The van der Waals surface area contributed by atoms with E-state index in [0.717, 1.165) is 15.7 Å². The summed E-state index contributed by atoms with van der Waals surface area (Å²) in [6.07, 6.45) is 0. The lowest BCUT2D eigenvalue weighted by molar-refractivity contribution is 0.175. The molecule has 0 aromatic carbocycles. The Kier molecular flexibility index (Phi) is 1.51. The van der Waals surface area contributed by atoms with Crippen molar-refractivity contribution in [1.29, 1.82) is 0 Å². The van der Waals surface area contributed by atoms with E-state index < -0.39 is 0 Å². The van der Waals surface area contributed by atoms with Crippen LogP contribution in [0.3, 0.4) is 0 Å². The number of fused-ring (bicyclic) bond motifs is 1. The van der Waals surface area contributed by atoms with E-state index in [1.165, 1.54) is 0 Å². The quantitative estimate of drug-likeness (QED) is 0.696. The third-order valence-electron chi connectivity index (χ3n) is 1.54. The van der Waals surface area contributed by atoms with Crippen LogP contribution in [0.5, 0.6) is 10.8 Å². The summed E-state index contributed by atoms with van der Waals surface area (Å²) in [6.45, 7) is 2.29. The molecular formula is C7H9NO2S. The minimum Gasteiger partial charge on any atom is -0.453 e. The van der Waals surface area contributed by atoms with Gasteiger partial charge in [-0.1, -0.05) is 11.3 Å². The van der Waals surface area contributed by atoms with Crippen molar-refractivity contribution in [1.82, 2.24) is 0 Å². The lowest BCUT2D eigenvalue weighted by Crippen LogP contribution is -2.02. The molecule has 2 rings (SSSR count). The summed E-state index contributed by atoms with van der Waals surface area (Å²) in [5, 5.41) is 0.859. The summed E-state index contributed by atoms with van der Waals surface area (Å²) in [5.41, 5.74) is 5.67. The first-order chi connectivity index (χ1) is 5.27. The fourth-order valence-corrected chi connectivity index (χ4v) is 1.84. The van der Waals surface area contributed by atoms with E-state index in [1.807, 2.05) is 13.0 Å². The van der Waals surface area contributed by atoms with Gasteiger partial charge in [0.05, 0.1) is 0 Å². The number of nitrogens with two attached hydrogens (primary N) is 1. The van der Waals surface area contributed by atoms with Crippen molar-refractivity contribution in [2.75, 3.05) is 6.79 Å². The topological polar surface area (TPSA) is 44.5 Å². The van der Waals surface area contributed by atoms with Crippen molar-refractivity contribution < 1.29 is 9.47 Å². The second-order valence-electron chi connectivity index (χ2n) is 2.50. The summed E-state index contributed by atoms with van der Waals surface area (Å²) in [6, 6.07) is 2.01. The summed E-state index contributed by atoms with van der Waals surface area (Å²) in [5.74, 6) is 0.835. The Balaban J connectivity index is 2.34. The van der Waals surface area contributed by atoms with Crippen molar-refractivity contribution in [2.24, 2.45) is 5.73 Å². The molecule has 1 aliphatic rings. The summed E-state index contributed by atoms with van der Waals surface area (Å²) < 4.78 is 10.3. The van der Waals surface area contributed by atoms with Gasteiger partial charge in [0.25, 0.3) is 0 Å². The molecule has 0 amide bonds. The molecule has 11 heavy (non-hydrogen) atoms. The molecule has 1 atom stereocenters. The highest BCUT2D eigenvalue weighted by Crippen LogP contribution is 2.42. The van der Waals surface area contributed by atoms with Gasteiger partial charge in [-0.25, -0.2) is 0 Å². The standard InChI is InChI=1S/C7H9NO2S/c1-4(8)6-2-5-7(11-6)10-3-9-5/h2,4H,3,8H2,1H3. The summed E-state index contributed by atoms with van der Waals surface area (Å²) in [4.78, 5) is 1.11. The molecule has 1 aliphatic heterocycles. The largest absolute Gasteiger partial charge is 0.453 e. The van der Waals surface area contributed by atoms with Crippen LogP contribution in [0, 0.1) is 0 Å². The predicted octanol–water partition coefficient (Wildman–Crippen LogP) is 1.50. The molecular weight excluding hydrogens is 162 g/mol. The average Bonchev–Trinajstić information content (AvgIpc) is 2.40. The molecule has 3 nitrogen and oxygen atoms in total. The Morgan fingerprint density at radius 2 is 2.45 bits per heavy atom. The van der Waals surface area contributed by atoms with Crippen molar-refractivity contribution in [2.45, 2.75) is 13.0 Å². The van der Waals surface area contributed by atoms with E-state index in [-0.39, 0.29) is 6.04 Å². The molecule has 1 aromatic heterocycles. The Morgan fingerprint density at radius 1 is 1.64 bits per heavy atom.